The highest BCUT2D eigenvalue weighted by atomic mass is 35.5. The molecule has 2 aromatic rings. The van der Waals surface area contributed by atoms with Crippen molar-refractivity contribution in [2.24, 2.45) is 0 Å². The Hall–Kier alpha value is -1.32. The van der Waals surface area contributed by atoms with Gasteiger partial charge in [0.1, 0.15) is 5.82 Å². The molecule has 3 nitrogen and oxygen atoms in total. The molecule has 0 N–H and O–H groups in total. The van der Waals surface area contributed by atoms with Crippen LogP contribution < -0.4 is 0 Å². The average molecular weight is 290 g/mol. The Morgan fingerprint density at radius 2 is 2.25 bits per heavy atom. The van der Waals surface area contributed by atoms with E-state index in [0.717, 1.165) is 35.1 Å². The molecule has 1 aromatic heterocycles. The van der Waals surface area contributed by atoms with E-state index in [9.17, 15) is 0 Å². The SMILES string of the molecule is CCN1CCC(n2ccnc2-c2ccc(C)c(Cl)c2)C1. The molecule has 0 aliphatic carbocycles. The fraction of sp³-hybridized carbons (Fsp3) is 0.438. The molecule has 0 spiro atoms. The maximum atomic E-state index is 6.24. The van der Waals surface area contributed by atoms with Crippen LogP contribution in [0.15, 0.2) is 30.6 Å². The number of nitrogens with zero attached hydrogens (tertiary/aromatic N) is 3. The largest absolute Gasteiger partial charge is 0.327 e. The molecule has 1 aromatic carbocycles. The number of rotatable bonds is 3. The highest BCUT2D eigenvalue weighted by Gasteiger charge is 2.24. The van der Waals surface area contributed by atoms with Crippen LogP contribution in [0.3, 0.4) is 0 Å². The number of aromatic nitrogens is 2. The minimum atomic E-state index is 0.521. The second-order valence-corrected chi connectivity index (χ2v) is 5.87. The van der Waals surface area contributed by atoms with E-state index in [1.807, 2.05) is 19.2 Å². The highest BCUT2D eigenvalue weighted by Crippen LogP contribution is 2.29. The first kappa shape index (κ1) is 13.7. The van der Waals surface area contributed by atoms with Crippen LogP contribution >= 0.6 is 11.6 Å². The fourth-order valence-electron chi connectivity index (χ4n) is 2.89. The van der Waals surface area contributed by atoms with Crippen molar-refractivity contribution in [1.29, 1.82) is 0 Å². The summed E-state index contributed by atoms with van der Waals surface area (Å²) >= 11 is 6.24. The fourth-order valence-corrected chi connectivity index (χ4v) is 3.07. The van der Waals surface area contributed by atoms with E-state index >= 15 is 0 Å². The van der Waals surface area contributed by atoms with Crippen LogP contribution in [0.1, 0.15) is 24.9 Å². The topological polar surface area (TPSA) is 21.1 Å². The molecular formula is C16H20ClN3. The van der Waals surface area contributed by atoms with Gasteiger partial charge in [-0.2, -0.15) is 0 Å². The third-order valence-corrected chi connectivity index (χ3v) is 4.59. The van der Waals surface area contributed by atoms with Gasteiger partial charge < -0.3 is 9.47 Å². The van der Waals surface area contributed by atoms with Crippen molar-refractivity contribution < 1.29 is 0 Å². The molecule has 1 aliphatic heterocycles. The molecule has 1 fully saturated rings. The monoisotopic (exact) mass is 289 g/mol. The highest BCUT2D eigenvalue weighted by molar-refractivity contribution is 6.31. The molecule has 20 heavy (non-hydrogen) atoms. The summed E-state index contributed by atoms with van der Waals surface area (Å²) in [4.78, 5) is 7.02. The molecule has 1 aliphatic rings. The molecule has 0 saturated carbocycles. The van der Waals surface area contributed by atoms with E-state index in [2.05, 4.69) is 39.7 Å². The van der Waals surface area contributed by atoms with Gasteiger partial charge in [0.25, 0.3) is 0 Å². The molecular weight excluding hydrogens is 270 g/mol. The number of aryl methyl sites for hydroxylation is 1. The Bertz CT molecular complexity index is 606. The van der Waals surface area contributed by atoms with Gasteiger partial charge in [-0.1, -0.05) is 30.7 Å². The molecule has 4 heteroatoms. The summed E-state index contributed by atoms with van der Waals surface area (Å²) in [5.41, 5.74) is 2.20. The van der Waals surface area contributed by atoms with Crippen molar-refractivity contribution in [2.45, 2.75) is 26.3 Å². The average Bonchev–Trinajstić information content (AvgIpc) is 3.09. The molecule has 0 bridgehead atoms. The maximum absolute atomic E-state index is 6.24. The van der Waals surface area contributed by atoms with E-state index in [0.29, 0.717) is 6.04 Å². The van der Waals surface area contributed by atoms with Gasteiger partial charge in [-0.15, -0.1) is 0 Å². The normalized spacial score (nSPS) is 19.6. The summed E-state index contributed by atoms with van der Waals surface area (Å²) in [6.07, 6.45) is 5.17. The first-order valence-electron chi connectivity index (χ1n) is 7.20. The van der Waals surface area contributed by atoms with Crippen LogP contribution in [0.5, 0.6) is 0 Å². The second-order valence-electron chi connectivity index (χ2n) is 5.46. The summed E-state index contributed by atoms with van der Waals surface area (Å²) in [6.45, 7) is 7.65. The third kappa shape index (κ3) is 2.48. The first-order chi connectivity index (χ1) is 9.69. The number of hydrogen-bond donors (Lipinski definition) is 0. The van der Waals surface area contributed by atoms with Crippen LogP contribution in [-0.4, -0.2) is 34.1 Å². The molecule has 1 unspecified atom stereocenters. The summed E-state index contributed by atoms with van der Waals surface area (Å²) in [5, 5.41) is 0.804. The van der Waals surface area contributed by atoms with Crippen LogP contribution in [0.2, 0.25) is 5.02 Å². The van der Waals surface area contributed by atoms with Crippen LogP contribution in [0.25, 0.3) is 11.4 Å². The van der Waals surface area contributed by atoms with Crippen LogP contribution in [-0.2, 0) is 0 Å². The van der Waals surface area contributed by atoms with E-state index in [1.165, 1.54) is 13.0 Å². The van der Waals surface area contributed by atoms with Gasteiger partial charge in [-0.25, -0.2) is 4.98 Å². The molecule has 106 valence electrons. The van der Waals surface area contributed by atoms with Crippen LogP contribution in [0.4, 0.5) is 0 Å². The lowest BCUT2D eigenvalue weighted by atomic mass is 10.1. The Morgan fingerprint density at radius 1 is 1.40 bits per heavy atom. The van der Waals surface area contributed by atoms with Crippen LogP contribution in [0, 0.1) is 6.92 Å². The summed E-state index contributed by atoms with van der Waals surface area (Å²) < 4.78 is 2.30. The lowest BCUT2D eigenvalue weighted by Gasteiger charge is -2.17. The number of likely N-dealkylation sites (N-methyl/N-ethyl adjacent to an activating group) is 1. The number of benzene rings is 1. The van der Waals surface area contributed by atoms with Crippen molar-refractivity contribution >= 4 is 11.6 Å². The van der Waals surface area contributed by atoms with E-state index in [-0.39, 0.29) is 0 Å². The number of imidazole rings is 1. The van der Waals surface area contributed by atoms with Gasteiger partial charge in [0.15, 0.2) is 0 Å². The van der Waals surface area contributed by atoms with E-state index in [4.69, 9.17) is 11.6 Å². The predicted molar refractivity (Wildman–Crippen MR) is 83.2 cm³/mol. The van der Waals surface area contributed by atoms with Crippen molar-refractivity contribution in [3.63, 3.8) is 0 Å². The minimum absolute atomic E-state index is 0.521. The smallest absolute Gasteiger partial charge is 0.140 e. The molecule has 1 saturated heterocycles. The van der Waals surface area contributed by atoms with Gasteiger partial charge in [-0.3, -0.25) is 0 Å². The van der Waals surface area contributed by atoms with E-state index < -0.39 is 0 Å². The number of likely N-dealkylation sites (tertiary alicyclic amines) is 1. The predicted octanol–water partition coefficient (Wildman–Crippen LogP) is 3.78. The Labute approximate surface area is 125 Å². The summed E-state index contributed by atoms with van der Waals surface area (Å²) in [7, 11) is 0. The molecule has 0 radical (unpaired) electrons. The molecule has 0 amide bonds. The van der Waals surface area contributed by atoms with Gasteiger partial charge in [0.05, 0.1) is 0 Å². The standard InChI is InChI=1S/C16H20ClN3/c1-3-19-8-6-14(11-19)20-9-7-18-16(20)13-5-4-12(2)15(17)10-13/h4-5,7,9-10,14H,3,6,8,11H2,1-2H3. The Morgan fingerprint density at radius 3 is 2.95 bits per heavy atom. The zero-order valence-electron chi connectivity index (χ0n) is 12.0. The number of halogens is 1. The molecule has 1 atom stereocenters. The number of hydrogen-bond acceptors (Lipinski definition) is 2. The molecule has 3 rings (SSSR count). The minimum Gasteiger partial charge on any atom is -0.327 e. The van der Waals surface area contributed by atoms with Gasteiger partial charge in [0.2, 0.25) is 0 Å². The van der Waals surface area contributed by atoms with Crippen molar-refractivity contribution in [1.82, 2.24) is 14.5 Å². The quantitative estimate of drug-likeness (QED) is 0.857. The lowest BCUT2D eigenvalue weighted by Crippen LogP contribution is -2.21. The lowest BCUT2D eigenvalue weighted by molar-refractivity contribution is 0.342. The van der Waals surface area contributed by atoms with Crippen molar-refractivity contribution in [3.05, 3.63) is 41.2 Å². The Kier molecular flexibility index (Phi) is 3.81. The van der Waals surface area contributed by atoms with Gasteiger partial charge >= 0.3 is 0 Å². The summed E-state index contributed by atoms with van der Waals surface area (Å²) in [6, 6.07) is 6.70. The Balaban J connectivity index is 1.92. The van der Waals surface area contributed by atoms with Crippen molar-refractivity contribution in [2.75, 3.05) is 19.6 Å². The van der Waals surface area contributed by atoms with E-state index in [1.54, 1.807) is 0 Å². The zero-order chi connectivity index (χ0) is 14.1. The maximum Gasteiger partial charge on any atom is 0.140 e. The van der Waals surface area contributed by atoms with Crippen molar-refractivity contribution in [3.8, 4) is 11.4 Å². The van der Waals surface area contributed by atoms with Gasteiger partial charge in [-0.05, 0) is 31.5 Å². The third-order valence-electron chi connectivity index (χ3n) is 4.19. The van der Waals surface area contributed by atoms with Gasteiger partial charge in [0, 0.05) is 42.1 Å². The molecule has 2 heterocycles. The second kappa shape index (κ2) is 5.58. The zero-order valence-corrected chi connectivity index (χ0v) is 12.8. The first-order valence-corrected chi connectivity index (χ1v) is 7.58. The summed E-state index contributed by atoms with van der Waals surface area (Å²) in [5.74, 6) is 1.02.